The number of hydrogen-bond donors (Lipinski definition) is 2. The van der Waals surface area contributed by atoms with Gasteiger partial charge in [0.15, 0.2) is 5.75 Å². The Balaban J connectivity index is 1.81. The summed E-state index contributed by atoms with van der Waals surface area (Å²) in [6, 6.07) is 10.6. The van der Waals surface area contributed by atoms with E-state index in [-0.39, 0.29) is 11.6 Å². The summed E-state index contributed by atoms with van der Waals surface area (Å²) in [4.78, 5) is 22.3. The zero-order valence-electron chi connectivity index (χ0n) is 11.4. The number of rotatable bonds is 3. The Bertz CT molecular complexity index is 759. The number of benzene rings is 2. The second kappa shape index (κ2) is 5.36. The van der Waals surface area contributed by atoms with E-state index in [1.165, 1.54) is 6.07 Å². The van der Waals surface area contributed by atoms with Crippen LogP contribution < -0.4 is 10.1 Å². The highest BCUT2D eigenvalue weighted by molar-refractivity contribution is 5.95. The van der Waals surface area contributed by atoms with Crippen molar-refractivity contribution in [3.05, 3.63) is 63.7 Å². The molecule has 1 atom stereocenters. The van der Waals surface area contributed by atoms with Crippen LogP contribution >= 0.6 is 0 Å². The summed E-state index contributed by atoms with van der Waals surface area (Å²) < 4.78 is 5.47. The second-order valence-electron chi connectivity index (χ2n) is 4.84. The van der Waals surface area contributed by atoms with E-state index >= 15 is 0 Å². The first-order valence-corrected chi connectivity index (χ1v) is 6.56. The molecule has 22 heavy (non-hydrogen) atoms. The van der Waals surface area contributed by atoms with Crippen LogP contribution in [0.5, 0.6) is 11.5 Å². The topological polar surface area (TPSA) is 102 Å². The first-order valence-electron chi connectivity index (χ1n) is 6.56. The summed E-state index contributed by atoms with van der Waals surface area (Å²) in [5.41, 5.74) is 0.466. The molecule has 1 aliphatic rings. The largest absolute Gasteiger partial charge is 0.502 e. The van der Waals surface area contributed by atoms with Crippen molar-refractivity contribution in [2.24, 2.45) is 0 Å². The van der Waals surface area contributed by atoms with Gasteiger partial charge >= 0.3 is 5.69 Å². The summed E-state index contributed by atoms with van der Waals surface area (Å²) >= 11 is 0. The summed E-state index contributed by atoms with van der Waals surface area (Å²) in [6.45, 7) is 0.311. The molecular weight excluding hydrogens is 288 g/mol. The lowest BCUT2D eigenvalue weighted by Crippen LogP contribution is -2.29. The fourth-order valence-electron chi connectivity index (χ4n) is 2.33. The van der Waals surface area contributed by atoms with Crippen molar-refractivity contribution in [3.63, 3.8) is 0 Å². The van der Waals surface area contributed by atoms with Crippen molar-refractivity contribution in [2.45, 2.75) is 6.04 Å². The molecule has 2 aromatic rings. The third kappa shape index (κ3) is 2.44. The maximum Gasteiger partial charge on any atom is 0.311 e. The molecule has 0 fully saturated rings. The first-order chi connectivity index (χ1) is 10.6. The number of aromatic hydroxyl groups is 1. The van der Waals surface area contributed by atoms with E-state index < -0.39 is 22.3 Å². The van der Waals surface area contributed by atoms with Crippen LogP contribution in [0, 0.1) is 10.1 Å². The van der Waals surface area contributed by atoms with Gasteiger partial charge in [0.2, 0.25) is 0 Å². The number of ether oxygens (including phenoxy) is 1. The first kappa shape index (κ1) is 13.9. The number of nitrogens with one attached hydrogen (secondary N) is 1. The number of carbonyl (C=O) groups excluding carboxylic acids is 1. The molecule has 1 amide bonds. The fraction of sp³-hybridized carbons (Fsp3) is 0.133. The third-order valence-electron chi connectivity index (χ3n) is 3.44. The van der Waals surface area contributed by atoms with Gasteiger partial charge in [0, 0.05) is 17.2 Å². The van der Waals surface area contributed by atoms with E-state index in [9.17, 15) is 20.0 Å². The standard InChI is InChI=1S/C15H12N2O5/c18-13-6-5-9(7-12(13)17(20)21)15(19)16-11-8-22-14-4-2-1-3-10(11)14/h1-7,11,18H,8H2,(H,16,19). The molecule has 112 valence electrons. The lowest BCUT2D eigenvalue weighted by atomic mass is 10.1. The third-order valence-corrected chi connectivity index (χ3v) is 3.44. The number of nitrogens with zero attached hydrogens (tertiary/aromatic N) is 1. The minimum Gasteiger partial charge on any atom is -0.502 e. The molecule has 0 saturated carbocycles. The summed E-state index contributed by atoms with van der Waals surface area (Å²) in [6.07, 6.45) is 0. The maximum atomic E-state index is 12.2. The number of phenolic OH excluding ortho intramolecular Hbond substituents is 1. The van der Waals surface area contributed by atoms with Gasteiger partial charge in [-0.15, -0.1) is 0 Å². The van der Waals surface area contributed by atoms with E-state index in [1.807, 2.05) is 24.3 Å². The van der Waals surface area contributed by atoms with Gasteiger partial charge in [-0.25, -0.2) is 0 Å². The average Bonchev–Trinajstić information content (AvgIpc) is 2.90. The highest BCUT2D eigenvalue weighted by atomic mass is 16.6. The molecule has 3 rings (SSSR count). The quantitative estimate of drug-likeness (QED) is 0.668. The summed E-state index contributed by atoms with van der Waals surface area (Å²) in [7, 11) is 0. The zero-order chi connectivity index (χ0) is 15.7. The van der Waals surface area contributed by atoms with Gasteiger partial charge in [-0.3, -0.25) is 14.9 Å². The van der Waals surface area contributed by atoms with Gasteiger partial charge in [0.1, 0.15) is 12.4 Å². The van der Waals surface area contributed by atoms with Gasteiger partial charge in [0.05, 0.1) is 11.0 Å². The van der Waals surface area contributed by atoms with Crippen molar-refractivity contribution in [1.82, 2.24) is 5.32 Å². The van der Waals surface area contributed by atoms with E-state index in [0.29, 0.717) is 12.4 Å². The van der Waals surface area contributed by atoms with E-state index in [0.717, 1.165) is 17.7 Å². The normalized spacial score (nSPS) is 15.7. The van der Waals surface area contributed by atoms with Gasteiger partial charge in [-0.2, -0.15) is 0 Å². The molecule has 2 aromatic carbocycles. The molecular formula is C15H12N2O5. The SMILES string of the molecule is O=C(NC1COc2ccccc21)c1ccc(O)c([N+](=O)[O-])c1. The number of carbonyl (C=O) groups is 1. The van der Waals surface area contributed by atoms with E-state index in [1.54, 1.807) is 0 Å². The minimum atomic E-state index is -0.736. The zero-order valence-corrected chi connectivity index (χ0v) is 11.4. The fourth-order valence-corrected chi connectivity index (χ4v) is 2.33. The lowest BCUT2D eigenvalue weighted by molar-refractivity contribution is -0.385. The smallest absolute Gasteiger partial charge is 0.311 e. The van der Waals surface area contributed by atoms with Gasteiger partial charge < -0.3 is 15.2 Å². The summed E-state index contributed by atoms with van der Waals surface area (Å²) in [5, 5.41) is 23.0. The Morgan fingerprint density at radius 2 is 2.09 bits per heavy atom. The number of nitro benzene ring substituents is 1. The van der Waals surface area contributed by atoms with Crippen LogP contribution in [0.3, 0.4) is 0 Å². The number of para-hydroxylation sites is 1. The molecule has 1 aliphatic heterocycles. The van der Waals surface area contributed by atoms with Gasteiger partial charge in [-0.05, 0) is 18.2 Å². The van der Waals surface area contributed by atoms with Crippen molar-refractivity contribution in [3.8, 4) is 11.5 Å². The van der Waals surface area contributed by atoms with E-state index in [4.69, 9.17) is 4.74 Å². The molecule has 0 aromatic heterocycles. The van der Waals surface area contributed by atoms with Crippen LogP contribution in [0.4, 0.5) is 5.69 Å². The molecule has 7 heteroatoms. The van der Waals surface area contributed by atoms with Crippen molar-refractivity contribution in [2.75, 3.05) is 6.61 Å². The highest BCUT2D eigenvalue weighted by Gasteiger charge is 2.26. The highest BCUT2D eigenvalue weighted by Crippen LogP contribution is 2.32. The molecule has 7 nitrogen and oxygen atoms in total. The number of phenols is 1. The molecule has 1 heterocycles. The maximum absolute atomic E-state index is 12.2. The predicted octanol–water partition coefficient (Wildman–Crippen LogP) is 2.16. The lowest BCUT2D eigenvalue weighted by Gasteiger charge is -2.11. The second-order valence-corrected chi connectivity index (χ2v) is 4.84. The number of hydrogen-bond acceptors (Lipinski definition) is 5. The van der Waals surface area contributed by atoms with Crippen LogP contribution in [0.25, 0.3) is 0 Å². The van der Waals surface area contributed by atoms with Gasteiger partial charge in [-0.1, -0.05) is 18.2 Å². The number of nitro groups is 1. The molecule has 0 spiro atoms. The Labute approximate surface area is 125 Å². The molecule has 0 radical (unpaired) electrons. The van der Waals surface area contributed by atoms with Crippen molar-refractivity contribution < 1.29 is 19.6 Å². The van der Waals surface area contributed by atoms with Crippen LogP contribution in [0.2, 0.25) is 0 Å². The van der Waals surface area contributed by atoms with Crippen LogP contribution in [-0.2, 0) is 0 Å². The Morgan fingerprint density at radius 3 is 2.86 bits per heavy atom. The Morgan fingerprint density at radius 1 is 1.32 bits per heavy atom. The van der Waals surface area contributed by atoms with Crippen LogP contribution in [0.15, 0.2) is 42.5 Å². The van der Waals surface area contributed by atoms with Crippen molar-refractivity contribution in [1.29, 1.82) is 0 Å². The van der Waals surface area contributed by atoms with E-state index in [2.05, 4.69) is 5.32 Å². The van der Waals surface area contributed by atoms with Crippen LogP contribution in [0.1, 0.15) is 22.0 Å². The minimum absolute atomic E-state index is 0.105. The molecule has 0 aliphatic carbocycles. The monoisotopic (exact) mass is 300 g/mol. The molecule has 0 bridgehead atoms. The Kier molecular flexibility index (Phi) is 3.38. The molecule has 1 unspecified atom stereocenters. The molecule has 2 N–H and O–H groups in total. The Hall–Kier alpha value is -3.09. The number of amides is 1. The number of fused-ring (bicyclic) bond motifs is 1. The van der Waals surface area contributed by atoms with Gasteiger partial charge in [0.25, 0.3) is 5.91 Å². The predicted molar refractivity (Wildman–Crippen MR) is 76.9 cm³/mol. The molecule has 0 saturated heterocycles. The average molecular weight is 300 g/mol. The summed E-state index contributed by atoms with van der Waals surface area (Å²) in [5.74, 6) is -0.228. The van der Waals surface area contributed by atoms with Crippen molar-refractivity contribution >= 4 is 11.6 Å². The van der Waals surface area contributed by atoms with Crippen LogP contribution in [-0.4, -0.2) is 22.5 Å².